The number of hydrogen-bond acceptors (Lipinski definition) is 4. The van der Waals surface area contributed by atoms with Gasteiger partial charge in [0, 0.05) is 6.61 Å². The minimum absolute atomic E-state index is 0.172. The molecule has 0 saturated carbocycles. The van der Waals surface area contributed by atoms with Crippen LogP contribution in [-0.4, -0.2) is 45.7 Å². The van der Waals surface area contributed by atoms with E-state index >= 15 is 0 Å². The van der Waals surface area contributed by atoms with Gasteiger partial charge >= 0.3 is 8.56 Å². The van der Waals surface area contributed by atoms with Crippen molar-refractivity contribution in [2.24, 2.45) is 0 Å². The van der Waals surface area contributed by atoms with Gasteiger partial charge < -0.3 is 18.3 Å². The van der Waals surface area contributed by atoms with Crippen molar-refractivity contribution in [3.8, 4) is 0 Å². The van der Waals surface area contributed by atoms with Gasteiger partial charge in [0.1, 0.15) is 6.10 Å². The maximum Gasteiger partial charge on any atom is 0.335 e. The number of rotatable bonds is 8. The lowest BCUT2D eigenvalue weighted by atomic mass is 10.2. The molecule has 0 aromatic carbocycles. The Morgan fingerprint density at radius 1 is 1.05 bits per heavy atom. The Morgan fingerprint density at radius 2 is 1.55 bits per heavy atom. The van der Waals surface area contributed by atoms with E-state index in [4.69, 9.17) is 18.3 Å². The SMILES string of the molecule is CC(C)(C)O[Si](C)(CCCOCC1CO1)OC(C)(C)C. The Morgan fingerprint density at radius 3 is 1.95 bits per heavy atom. The quantitative estimate of drug-likeness (QED) is 0.391. The van der Waals surface area contributed by atoms with E-state index in [2.05, 4.69) is 48.1 Å². The van der Waals surface area contributed by atoms with Gasteiger partial charge in [-0.05, 0) is 60.6 Å². The molecule has 1 rings (SSSR count). The Bertz CT molecular complexity index is 273. The molecule has 20 heavy (non-hydrogen) atoms. The number of hydrogen-bond donors (Lipinski definition) is 0. The molecule has 0 spiro atoms. The van der Waals surface area contributed by atoms with Crippen LogP contribution in [0.15, 0.2) is 0 Å². The van der Waals surface area contributed by atoms with Gasteiger partial charge in [-0.3, -0.25) is 0 Å². The zero-order chi connectivity index (χ0) is 15.4. The molecule has 0 aromatic heterocycles. The Balaban J connectivity index is 2.39. The van der Waals surface area contributed by atoms with E-state index in [1.807, 2.05) is 0 Å². The molecule has 0 amide bonds. The number of ether oxygens (including phenoxy) is 2. The molecule has 5 heteroatoms. The molecule has 1 unspecified atom stereocenters. The van der Waals surface area contributed by atoms with E-state index in [0.717, 1.165) is 32.3 Å². The van der Waals surface area contributed by atoms with Gasteiger partial charge in [0.2, 0.25) is 0 Å². The summed E-state index contributed by atoms with van der Waals surface area (Å²) in [5.41, 5.74) is -0.343. The van der Waals surface area contributed by atoms with E-state index in [1.54, 1.807) is 0 Å². The summed E-state index contributed by atoms with van der Waals surface area (Å²) >= 11 is 0. The highest BCUT2D eigenvalue weighted by Gasteiger charge is 2.39. The van der Waals surface area contributed by atoms with E-state index in [9.17, 15) is 0 Å². The van der Waals surface area contributed by atoms with Crippen LogP contribution in [0.3, 0.4) is 0 Å². The summed E-state index contributed by atoms with van der Waals surface area (Å²) in [5.74, 6) is 0. The van der Waals surface area contributed by atoms with Crippen LogP contribution < -0.4 is 0 Å². The minimum atomic E-state index is -2.19. The smallest absolute Gasteiger partial charge is 0.335 e. The van der Waals surface area contributed by atoms with Gasteiger partial charge in [0.15, 0.2) is 0 Å². The predicted molar refractivity (Wildman–Crippen MR) is 83.3 cm³/mol. The largest absolute Gasteiger partial charge is 0.389 e. The Hall–Kier alpha value is 0.0569. The normalized spacial score (nSPS) is 20.2. The van der Waals surface area contributed by atoms with Crippen molar-refractivity contribution in [3.63, 3.8) is 0 Å². The van der Waals surface area contributed by atoms with Crippen LogP contribution in [0.1, 0.15) is 48.0 Å². The molecule has 120 valence electrons. The fraction of sp³-hybridized carbons (Fsp3) is 1.00. The molecule has 0 aromatic rings. The van der Waals surface area contributed by atoms with Crippen molar-refractivity contribution < 1.29 is 18.3 Å². The van der Waals surface area contributed by atoms with Gasteiger partial charge in [-0.15, -0.1) is 0 Å². The fourth-order valence-corrected chi connectivity index (χ4v) is 5.92. The molecule has 0 bridgehead atoms. The van der Waals surface area contributed by atoms with Crippen molar-refractivity contribution in [2.75, 3.05) is 19.8 Å². The molecule has 1 aliphatic rings. The van der Waals surface area contributed by atoms with Gasteiger partial charge in [-0.2, -0.15) is 0 Å². The lowest BCUT2D eigenvalue weighted by Gasteiger charge is -2.39. The fourth-order valence-electron chi connectivity index (χ4n) is 2.29. The first-order valence-electron chi connectivity index (χ1n) is 7.59. The minimum Gasteiger partial charge on any atom is -0.389 e. The maximum absolute atomic E-state index is 6.28. The van der Waals surface area contributed by atoms with Crippen molar-refractivity contribution in [3.05, 3.63) is 0 Å². The topological polar surface area (TPSA) is 40.2 Å². The summed E-state index contributed by atoms with van der Waals surface area (Å²) in [5, 5.41) is 0. The highest BCUT2D eigenvalue weighted by atomic mass is 28.4. The summed E-state index contributed by atoms with van der Waals surface area (Å²) in [6, 6.07) is 0.951. The van der Waals surface area contributed by atoms with Gasteiger partial charge in [0.05, 0.1) is 24.4 Å². The van der Waals surface area contributed by atoms with Crippen LogP contribution in [0.5, 0.6) is 0 Å². The Kier molecular flexibility index (Phi) is 6.23. The lowest BCUT2D eigenvalue weighted by molar-refractivity contribution is 0.0158. The third-order valence-electron chi connectivity index (χ3n) is 2.67. The summed E-state index contributed by atoms with van der Waals surface area (Å²) in [7, 11) is -2.19. The van der Waals surface area contributed by atoms with Crippen LogP contribution in [0.25, 0.3) is 0 Å². The van der Waals surface area contributed by atoms with Crippen LogP contribution >= 0.6 is 0 Å². The van der Waals surface area contributed by atoms with Gasteiger partial charge in [-0.1, -0.05) is 0 Å². The van der Waals surface area contributed by atoms with Crippen LogP contribution in [-0.2, 0) is 18.3 Å². The van der Waals surface area contributed by atoms with Crippen molar-refractivity contribution >= 4 is 8.56 Å². The molecule has 0 N–H and O–H groups in total. The summed E-state index contributed by atoms with van der Waals surface area (Å²) in [6.45, 7) is 17.0. The monoisotopic (exact) mass is 304 g/mol. The van der Waals surface area contributed by atoms with E-state index in [0.29, 0.717) is 6.10 Å². The van der Waals surface area contributed by atoms with Crippen LogP contribution in [0.2, 0.25) is 12.6 Å². The lowest BCUT2D eigenvalue weighted by Crippen LogP contribution is -2.49. The second-order valence-electron chi connectivity index (χ2n) is 7.70. The van der Waals surface area contributed by atoms with Crippen molar-refractivity contribution in [1.82, 2.24) is 0 Å². The summed E-state index contributed by atoms with van der Waals surface area (Å²) in [4.78, 5) is 0. The van der Waals surface area contributed by atoms with E-state index < -0.39 is 8.56 Å². The first-order chi connectivity index (χ1) is 8.99. The molecule has 1 atom stereocenters. The third-order valence-corrected chi connectivity index (χ3v) is 6.02. The second kappa shape index (κ2) is 6.88. The predicted octanol–water partition coefficient (Wildman–Crippen LogP) is 3.49. The molecule has 1 fully saturated rings. The third kappa shape index (κ3) is 9.08. The average molecular weight is 305 g/mol. The first-order valence-corrected chi connectivity index (χ1v) is 10.1. The molecule has 1 aliphatic heterocycles. The maximum atomic E-state index is 6.28. The highest BCUT2D eigenvalue weighted by molar-refractivity contribution is 6.66. The van der Waals surface area contributed by atoms with Gasteiger partial charge in [-0.25, -0.2) is 0 Å². The molecular formula is C15H32O4Si. The standard InChI is InChI=1S/C15H32O4Si/c1-14(2,3)18-20(7,19-15(4,5)6)10-8-9-16-11-13-12-17-13/h13H,8-12H2,1-7H3. The van der Waals surface area contributed by atoms with Gasteiger partial charge in [0.25, 0.3) is 0 Å². The molecule has 0 aliphatic carbocycles. The van der Waals surface area contributed by atoms with Crippen molar-refractivity contribution in [2.45, 2.75) is 77.9 Å². The molecule has 1 saturated heterocycles. The van der Waals surface area contributed by atoms with Crippen LogP contribution in [0, 0.1) is 0 Å². The molecule has 0 radical (unpaired) electrons. The average Bonchev–Trinajstić information content (AvgIpc) is 2.94. The number of epoxide rings is 1. The second-order valence-corrected chi connectivity index (χ2v) is 10.9. The molecule has 1 heterocycles. The Labute approximate surface area is 125 Å². The van der Waals surface area contributed by atoms with E-state index in [1.165, 1.54) is 0 Å². The van der Waals surface area contributed by atoms with Crippen LogP contribution in [0.4, 0.5) is 0 Å². The van der Waals surface area contributed by atoms with E-state index in [-0.39, 0.29) is 11.2 Å². The summed E-state index contributed by atoms with van der Waals surface area (Å²) < 4.78 is 23.3. The molecule has 4 nitrogen and oxygen atoms in total. The highest BCUT2D eigenvalue weighted by Crippen LogP contribution is 2.27. The summed E-state index contributed by atoms with van der Waals surface area (Å²) in [6.07, 6.45) is 1.32. The zero-order valence-corrected chi connectivity index (χ0v) is 15.2. The zero-order valence-electron chi connectivity index (χ0n) is 14.2. The van der Waals surface area contributed by atoms with Crippen molar-refractivity contribution in [1.29, 1.82) is 0 Å². The first kappa shape index (κ1) is 18.1. The molecular weight excluding hydrogens is 272 g/mol.